The summed E-state index contributed by atoms with van der Waals surface area (Å²) >= 11 is 0. The maximum atomic E-state index is 5.97. The Morgan fingerprint density at radius 3 is 2.33 bits per heavy atom. The minimum absolute atomic E-state index is 0.265. The standard InChI is InChI=1S/C15H26N2O/c1-5-17(13(3)11-18-4)15(10-16)14-8-6-12(2)7-9-14/h6-9,13,15H,5,10-11,16H2,1-4H3. The summed E-state index contributed by atoms with van der Waals surface area (Å²) < 4.78 is 5.25. The van der Waals surface area contributed by atoms with Crippen LogP contribution in [0, 0.1) is 6.92 Å². The number of rotatable bonds is 7. The molecule has 102 valence electrons. The third kappa shape index (κ3) is 3.80. The lowest BCUT2D eigenvalue weighted by atomic mass is 10.0. The van der Waals surface area contributed by atoms with Crippen LogP contribution in [0.2, 0.25) is 0 Å². The fourth-order valence-electron chi connectivity index (χ4n) is 2.43. The Morgan fingerprint density at radius 2 is 1.89 bits per heavy atom. The van der Waals surface area contributed by atoms with Gasteiger partial charge in [0.25, 0.3) is 0 Å². The Balaban J connectivity index is 2.88. The number of methoxy groups -OCH3 is 1. The Bertz CT molecular complexity index is 337. The second-order valence-electron chi connectivity index (χ2n) is 4.80. The molecule has 0 saturated heterocycles. The molecule has 3 heteroatoms. The summed E-state index contributed by atoms with van der Waals surface area (Å²) in [5, 5.41) is 0. The van der Waals surface area contributed by atoms with E-state index in [1.165, 1.54) is 11.1 Å². The first-order valence-electron chi connectivity index (χ1n) is 6.65. The van der Waals surface area contributed by atoms with Gasteiger partial charge in [-0.15, -0.1) is 0 Å². The summed E-state index contributed by atoms with van der Waals surface area (Å²) in [6.45, 7) is 8.79. The van der Waals surface area contributed by atoms with Gasteiger partial charge in [-0.1, -0.05) is 36.8 Å². The molecule has 0 aromatic heterocycles. The van der Waals surface area contributed by atoms with E-state index in [1.807, 2.05) is 0 Å². The summed E-state index contributed by atoms with van der Waals surface area (Å²) in [5.74, 6) is 0. The summed E-state index contributed by atoms with van der Waals surface area (Å²) in [6.07, 6.45) is 0. The molecule has 0 amide bonds. The molecule has 0 saturated carbocycles. The average Bonchev–Trinajstić information content (AvgIpc) is 2.37. The smallest absolute Gasteiger partial charge is 0.0615 e. The van der Waals surface area contributed by atoms with Gasteiger partial charge in [0.2, 0.25) is 0 Å². The van der Waals surface area contributed by atoms with Gasteiger partial charge in [0.05, 0.1) is 6.61 Å². The van der Waals surface area contributed by atoms with Crippen LogP contribution >= 0.6 is 0 Å². The lowest BCUT2D eigenvalue weighted by Gasteiger charge is -2.35. The minimum atomic E-state index is 0.265. The molecule has 0 heterocycles. The maximum absolute atomic E-state index is 5.97. The number of aryl methyl sites for hydroxylation is 1. The van der Waals surface area contributed by atoms with Gasteiger partial charge >= 0.3 is 0 Å². The molecule has 0 radical (unpaired) electrons. The first-order valence-corrected chi connectivity index (χ1v) is 6.65. The summed E-state index contributed by atoms with van der Waals surface area (Å²) in [6, 6.07) is 9.28. The van der Waals surface area contributed by atoms with Gasteiger partial charge in [-0.2, -0.15) is 0 Å². The molecule has 0 aliphatic heterocycles. The Morgan fingerprint density at radius 1 is 1.28 bits per heavy atom. The molecule has 1 aromatic carbocycles. The van der Waals surface area contributed by atoms with Crippen molar-refractivity contribution in [1.29, 1.82) is 0 Å². The van der Waals surface area contributed by atoms with Crippen LogP contribution in [0.4, 0.5) is 0 Å². The van der Waals surface area contributed by atoms with Gasteiger partial charge in [-0.25, -0.2) is 0 Å². The number of benzene rings is 1. The van der Waals surface area contributed by atoms with Crippen LogP contribution in [-0.2, 0) is 4.74 Å². The number of likely N-dealkylation sites (N-methyl/N-ethyl adjacent to an activating group) is 1. The molecule has 18 heavy (non-hydrogen) atoms. The van der Waals surface area contributed by atoms with E-state index in [0.29, 0.717) is 12.6 Å². The van der Waals surface area contributed by atoms with Crippen LogP contribution in [-0.4, -0.2) is 37.7 Å². The van der Waals surface area contributed by atoms with Gasteiger partial charge in [0, 0.05) is 25.7 Å². The average molecular weight is 250 g/mol. The van der Waals surface area contributed by atoms with Crippen molar-refractivity contribution in [1.82, 2.24) is 4.90 Å². The molecule has 1 aromatic rings. The molecule has 0 spiro atoms. The van der Waals surface area contributed by atoms with Gasteiger partial charge in [0.1, 0.15) is 0 Å². The molecule has 2 atom stereocenters. The lowest BCUT2D eigenvalue weighted by molar-refractivity contribution is 0.0751. The molecule has 3 nitrogen and oxygen atoms in total. The molecule has 0 bridgehead atoms. The van der Waals surface area contributed by atoms with Crippen LogP contribution in [0.5, 0.6) is 0 Å². The van der Waals surface area contributed by atoms with Crippen molar-refractivity contribution in [2.75, 3.05) is 26.8 Å². The SMILES string of the molecule is CCN(C(C)COC)C(CN)c1ccc(C)cc1. The Hall–Kier alpha value is -0.900. The van der Waals surface area contributed by atoms with Crippen molar-refractivity contribution in [3.8, 4) is 0 Å². The topological polar surface area (TPSA) is 38.5 Å². The molecule has 2 N–H and O–H groups in total. The van der Waals surface area contributed by atoms with Crippen molar-refractivity contribution < 1.29 is 4.74 Å². The summed E-state index contributed by atoms with van der Waals surface area (Å²) in [4.78, 5) is 2.40. The van der Waals surface area contributed by atoms with E-state index in [9.17, 15) is 0 Å². The van der Waals surface area contributed by atoms with E-state index in [1.54, 1.807) is 7.11 Å². The van der Waals surface area contributed by atoms with Gasteiger partial charge < -0.3 is 10.5 Å². The molecule has 0 fully saturated rings. The van der Waals surface area contributed by atoms with Crippen molar-refractivity contribution in [3.05, 3.63) is 35.4 Å². The van der Waals surface area contributed by atoms with Crippen molar-refractivity contribution >= 4 is 0 Å². The Kier molecular flexibility index (Phi) is 6.33. The van der Waals surface area contributed by atoms with Gasteiger partial charge in [0.15, 0.2) is 0 Å². The summed E-state index contributed by atoms with van der Waals surface area (Å²) in [5.41, 5.74) is 8.54. The molecule has 2 unspecified atom stereocenters. The van der Waals surface area contributed by atoms with E-state index in [-0.39, 0.29) is 6.04 Å². The fraction of sp³-hybridized carbons (Fsp3) is 0.600. The number of hydrogen-bond acceptors (Lipinski definition) is 3. The highest BCUT2D eigenvalue weighted by Crippen LogP contribution is 2.22. The zero-order valence-corrected chi connectivity index (χ0v) is 12.0. The second-order valence-corrected chi connectivity index (χ2v) is 4.80. The van der Waals surface area contributed by atoms with Crippen molar-refractivity contribution in [2.45, 2.75) is 32.9 Å². The molecular formula is C15H26N2O. The van der Waals surface area contributed by atoms with Crippen LogP contribution in [0.3, 0.4) is 0 Å². The highest BCUT2D eigenvalue weighted by molar-refractivity contribution is 5.24. The zero-order valence-electron chi connectivity index (χ0n) is 12.0. The summed E-state index contributed by atoms with van der Waals surface area (Å²) in [7, 11) is 1.74. The first-order chi connectivity index (χ1) is 8.63. The van der Waals surface area contributed by atoms with Crippen LogP contribution in [0.15, 0.2) is 24.3 Å². The van der Waals surface area contributed by atoms with E-state index in [0.717, 1.165) is 13.2 Å². The number of ether oxygens (including phenoxy) is 1. The number of nitrogens with zero attached hydrogens (tertiary/aromatic N) is 1. The highest BCUT2D eigenvalue weighted by atomic mass is 16.5. The van der Waals surface area contributed by atoms with Crippen LogP contribution in [0.25, 0.3) is 0 Å². The van der Waals surface area contributed by atoms with E-state index in [2.05, 4.69) is 49.9 Å². The monoisotopic (exact) mass is 250 g/mol. The van der Waals surface area contributed by atoms with E-state index in [4.69, 9.17) is 10.5 Å². The Labute approximate surface area is 111 Å². The molecule has 1 rings (SSSR count). The van der Waals surface area contributed by atoms with Crippen LogP contribution in [0.1, 0.15) is 31.0 Å². The van der Waals surface area contributed by atoms with Gasteiger partial charge in [-0.05, 0) is 26.0 Å². The van der Waals surface area contributed by atoms with Crippen molar-refractivity contribution in [3.63, 3.8) is 0 Å². The lowest BCUT2D eigenvalue weighted by Crippen LogP contribution is -2.42. The first kappa shape index (κ1) is 15.2. The van der Waals surface area contributed by atoms with Crippen molar-refractivity contribution in [2.24, 2.45) is 5.73 Å². The number of hydrogen-bond donors (Lipinski definition) is 1. The zero-order chi connectivity index (χ0) is 13.5. The number of nitrogens with two attached hydrogens (primary N) is 1. The maximum Gasteiger partial charge on any atom is 0.0615 e. The van der Waals surface area contributed by atoms with E-state index < -0.39 is 0 Å². The molecule has 0 aliphatic rings. The fourth-order valence-corrected chi connectivity index (χ4v) is 2.43. The highest BCUT2D eigenvalue weighted by Gasteiger charge is 2.22. The van der Waals surface area contributed by atoms with Gasteiger partial charge in [-0.3, -0.25) is 4.90 Å². The molecular weight excluding hydrogens is 224 g/mol. The minimum Gasteiger partial charge on any atom is -0.383 e. The van der Waals surface area contributed by atoms with Crippen LogP contribution < -0.4 is 5.73 Å². The third-order valence-electron chi connectivity index (χ3n) is 3.42. The normalized spacial score (nSPS) is 14.8. The largest absolute Gasteiger partial charge is 0.383 e. The quantitative estimate of drug-likeness (QED) is 0.807. The molecule has 0 aliphatic carbocycles. The predicted octanol–water partition coefficient (Wildman–Crippen LogP) is 2.35. The van der Waals surface area contributed by atoms with E-state index >= 15 is 0 Å². The second kappa shape index (κ2) is 7.52. The predicted molar refractivity (Wildman–Crippen MR) is 76.7 cm³/mol. The third-order valence-corrected chi connectivity index (χ3v) is 3.42.